The molecule has 2 aromatic carbocycles. The third-order valence-corrected chi connectivity index (χ3v) is 4.58. The third-order valence-electron chi connectivity index (χ3n) is 3.60. The van der Waals surface area contributed by atoms with Crippen LogP contribution in [0.2, 0.25) is 0 Å². The first-order valence-corrected chi connectivity index (χ1v) is 7.77. The molecule has 3 atom stereocenters. The van der Waals surface area contributed by atoms with Crippen LogP contribution >= 0.6 is 15.9 Å². The zero-order valence-electron chi connectivity index (χ0n) is 11.4. The fourth-order valence-electron chi connectivity index (χ4n) is 2.59. The number of nitrogens with zero attached hydrogens (tertiary/aromatic N) is 2. The van der Waals surface area contributed by atoms with Crippen LogP contribution in [0.25, 0.3) is 0 Å². The van der Waals surface area contributed by atoms with Gasteiger partial charge >= 0.3 is 0 Å². The van der Waals surface area contributed by atoms with Crippen molar-refractivity contribution >= 4 is 15.9 Å². The second-order valence-corrected chi connectivity index (χ2v) is 6.07. The van der Waals surface area contributed by atoms with Crippen molar-refractivity contribution in [3.05, 3.63) is 71.8 Å². The summed E-state index contributed by atoms with van der Waals surface area (Å²) in [6.45, 7) is 0.653. The Hall–Kier alpha value is -1.67. The molecule has 1 heterocycles. The van der Waals surface area contributed by atoms with Crippen LogP contribution in [0.5, 0.6) is 0 Å². The quantitative estimate of drug-likeness (QED) is 0.795. The minimum Gasteiger partial charge on any atom is -0.278 e. The number of rotatable bonds is 3. The topological polar surface area (TPSA) is 36.3 Å². The van der Waals surface area contributed by atoms with E-state index in [1.54, 1.807) is 0 Å². The van der Waals surface area contributed by atoms with Crippen molar-refractivity contribution in [1.82, 2.24) is 5.06 Å². The van der Waals surface area contributed by atoms with Gasteiger partial charge in [-0.05, 0) is 11.1 Å². The van der Waals surface area contributed by atoms with E-state index < -0.39 is 6.10 Å². The molecule has 0 aliphatic carbocycles. The summed E-state index contributed by atoms with van der Waals surface area (Å²) >= 11 is 3.63. The lowest BCUT2D eigenvalue weighted by Crippen LogP contribution is -2.24. The first-order valence-electron chi connectivity index (χ1n) is 6.85. The lowest BCUT2D eigenvalue weighted by atomic mass is 10.0. The van der Waals surface area contributed by atoms with Crippen molar-refractivity contribution in [2.45, 2.75) is 23.5 Å². The third kappa shape index (κ3) is 3.01. The fraction of sp³-hybridized carbons (Fsp3) is 0.235. The van der Waals surface area contributed by atoms with Crippen molar-refractivity contribution in [2.75, 3.05) is 0 Å². The maximum atomic E-state index is 9.25. The highest BCUT2D eigenvalue weighted by Crippen LogP contribution is 2.39. The summed E-state index contributed by atoms with van der Waals surface area (Å²) in [7, 11) is 0. The fourth-order valence-corrected chi connectivity index (χ4v) is 3.37. The van der Waals surface area contributed by atoms with Crippen LogP contribution in [0.3, 0.4) is 0 Å². The van der Waals surface area contributed by atoms with Gasteiger partial charge in [-0.3, -0.25) is 4.84 Å². The summed E-state index contributed by atoms with van der Waals surface area (Å²) in [5.41, 5.74) is 2.31. The number of nitriles is 1. The molecular weight excluding hydrogens is 328 g/mol. The van der Waals surface area contributed by atoms with Gasteiger partial charge in [0.25, 0.3) is 0 Å². The maximum Gasteiger partial charge on any atom is 0.179 e. The molecular formula is C17H15BrN2O. The van der Waals surface area contributed by atoms with E-state index in [1.165, 1.54) is 0 Å². The van der Waals surface area contributed by atoms with Crippen molar-refractivity contribution in [2.24, 2.45) is 0 Å². The Morgan fingerprint density at radius 2 is 1.67 bits per heavy atom. The highest BCUT2D eigenvalue weighted by molar-refractivity contribution is 9.09. The minimum atomic E-state index is -0.473. The predicted octanol–water partition coefficient (Wildman–Crippen LogP) is 3.83. The molecule has 1 aliphatic rings. The Morgan fingerprint density at radius 1 is 1.05 bits per heavy atom. The monoisotopic (exact) mass is 342 g/mol. The Balaban J connectivity index is 1.88. The number of hydrogen-bond donors (Lipinski definition) is 0. The molecule has 0 saturated carbocycles. The van der Waals surface area contributed by atoms with Crippen LogP contribution in [-0.2, 0) is 11.4 Å². The van der Waals surface area contributed by atoms with Gasteiger partial charge in [0.15, 0.2) is 6.10 Å². The van der Waals surface area contributed by atoms with E-state index in [4.69, 9.17) is 4.84 Å². The van der Waals surface area contributed by atoms with Crippen LogP contribution in [0, 0.1) is 11.3 Å². The van der Waals surface area contributed by atoms with Crippen LogP contribution in [0.15, 0.2) is 60.7 Å². The normalized spacial score (nSPS) is 25.6. The molecule has 1 fully saturated rings. The SMILES string of the molecule is N#C[C@H]1ON(Cc2ccccc2)[C@H](c2ccccc2)[C@H]1Br. The summed E-state index contributed by atoms with van der Waals surface area (Å²) in [6, 6.07) is 22.5. The van der Waals surface area contributed by atoms with Crippen LogP contribution < -0.4 is 0 Å². The zero-order chi connectivity index (χ0) is 14.7. The van der Waals surface area contributed by atoms with E-state index >= 15 is 0 Å². The zero-order valence-corrected chi connectivity index (χ0v) is 13.0. The first-order chi connectivity index (χ1) is 10.3. The van der Waals surface area contributed by atoms with Crippen LogP contribution in [-0.4, -0.2) is 16.0 Å². The van der Waals surface area contributed by atoms with Gasteiger partial charge in [0.05, 0.1) is 16.9 Å². The Labute approximate surface area is 132 Å². The Kier molecular flexibility index (Phi) is 4.35. The van der Waals surface area contributed by atoms with Gasteiger partial charge in [-0.15, -0.1) is 0 Å². The lowest BCUT2D eigenvalue weighted by molar-refractivity contribution is -0.157. The molecule has 3 rings (SSSR count). The molecule has 0 aromatic heterocycles. The lowest BCUT2D eigenvalue weighted by Gasteiger charge is -2.24. The second-order valence-electron chi connectivity index (χ2n) is 5.02. The van der Waals surface area contributed by atoms with Crippen molar-refractivity contribution < 1.29 is 4.84 Å². The molecule has 0 spiro atoms. The summed E-state index contributed by atoms with van der Waals surface area (Å²) in [6.07, 6.45) is -0.473. The number of hydroxylamine groups is 2. The van der Waals surface area contributed by atoms with Gasteiger partial charge < -0.3 is 0 Å². The smallest absolute Gasteiger partial charge is 0.179 e. The number of hydrogen-bond acceptors (Lipinski definition) is 3. The van der Waals surface area contributed by atoms with E-state index in [0.717, 1.165) is 11.1 Å². The van der Waals surface area contributed by atoms with E-state index in [-0.39, 0.29) is 10.9 Å². The molecule has 0 radical (unpaired) electrons. The minimum absolute atomic E-state index is 0.0241. The van der Waals surface area contributed by atoms with Gasteiger partial charge in [0.1, 0.15) is 0 Å². The number of benzene rings is 2. The van der Waals surface area contributed by atoms with E-state index in [1.807, 2.05) is 41.5 Å². The first kappa shape index (κ1) is 14.3. The highest BCUT2D eigenvalue weighted by Gasteiger charge is 2.42. The molecule has 0 N–H and O–H groups in total. The van der Waals surface area contributed by atoms with Gasteiger partial charge in [-0.25, -0.2) is 0 Å². The Morgan fingerprint density at radius 3 is 2.29 bits per heavy atom. The molecule has 4 heteroatoms. The molecule has 1 aliphatic heterocycles. The van der Waals surface area contributed by atoms with Gasteiger partial charge in [0, 0.05) is 6.54 Å². The average Bonchev–Trinajstić information content (AvgIpc) is 2.85. The molecule has 21 heavy (non-hydrogen) atoms. The molecule has 2 aromatic rings. The summed E-state index contributed by atoms with van der Waals surface area (Å²) in [4.78, 5) is 5.77. The molecule has 1 saturated heterocycles. The highest BCUT2D eigenvalue weighted by atomic mass is 79.9. The molecule has 0 unspecified atom stereocenters. The summed E-state index contributed by atoms with van der Waals surface area (Å²) in [5.74, 6) is 0. The van der Waals surface area contributed by atoms with Gasteiger partial charge in [-0.2, -0.15) is 10.3 Å². The van der Waals surface area contributed by atoms with Gasteiger partial charge in [0.2, 0.25) is 0 Å². The van der Waals surface area contributed by atoms with E-state index in [0.29, 0.717) is 6.54 Å². The van der Waals surface area contributed by atoms with Crippen LogP contribution in [0.4, 0.5) is 0 Å². The molecule has 0 bridgehead atoms. The number of halogens is 1. The Bertz CT molecular complexity index is 626. The standard InChI is InChI=1S/C17H15BrN2O/c18-16-15(11-19)21-20(12-13-7-3-1-4-8-13)17(16)14-9-5-2-6-10-14/h1-10,15-17H,12H2/t15-,16+,17-/m1/s1. The largest absolute Gasteiger partial charge is 0.278 e. The van der Waals surface area contributed by atoms with Crippen molar-refractivity contribution in [3.63, 3.8) is 0 Å². The predicted molar refractivity (Wildman–Crippen MR) is 84.4 cm³/mol. The van der Waals surface area contributed by atoms with Crippen molar-refractivity contribution in [3.8, 4) is 6.07 Å². The van der Waals surface area contributed by atoms with Gasteiger partial charge in [-0.1, -0.05) is 76.6 Å². The maximum absolute atomic E-state index is 9.25. The van der Waals surface area contributed by atoms with E-state index in [2.05, 4.69) is 46.3 Å². The summed E-state index contributed by atoms with van der Waals surface area (Å²) in [5, 5.41) is 11.2. The van der Waals surface area contributed by atoms with E-state index in [9.17, 15) is 5.26 Å². The average molecular weight is 343 g/mol. The summed E-state index contributed by atoms with van der Waals surface area (Å²) < 4.78 is 0. The molecule has 0 amide bonds. The van der Waals surface area contributed by atoms with Crippen LogP contribution in [0.1, 0.15) is 17.2 Å². The molecule has 106 valence electrons. The van der Waals surface area contributed by atoms with Crippen molar-refractivity contribution in [1.29, 1.82) is 5.26 Å². The number of alkyl halides is 1. The second kappa shape index (κ2) is 6.40. The molecule has 3 nitrogen and oxygen atoms in total.